The van der Waals surface area contributed by atoms with Crippen molar-refractivity contribution in [1.82, 2.24) is 5.32 Å². The molecule has 5 heteroatoms. The molecule has 3 fully saturated rings. The van der Waals surface area contributed by atoms with Crippen LogP contribution >= 0.6 is 0 Å². The molecule has 0 radical (unpaired) electrons. The summed E-state index contributed by atoms with van der Waals surface area (Å²) in [6, 6.07) is 0. The molecule has 20 heavy (non-hydrogen) atoms. The van der Waals surface area contributed by atoms with Gasteiger partial charge >= 0.3 is 5.97 Å². The van der Waals surface area contributed by atoms with E-state index in [2.05, 4.69) is 5.32 Å². The van der Waals surface area contributed by atoms with Crippen molar-refractivity contribution in [1.29, 1.82) is 0 Å². The van der Waals surface area contributed by atoms with Gasteiger partial charge < -0.3 is 14.8 Å². The summed E-state index contributed by atoms with van der Waals surface area (Å²) in [5.74, 6) is -0.395. The Labute approximate surface area is 119 Å². The molecule has 3 aliphatic rings. The quantitative estimate of drug-likeness (QED) is 0.794. The standard InChI is InChI=1S/C15H23NO4/c1-13(2)14(3)6-7-15(13,20-12(14)18)11(17)16-9-10-5-4-8-19-10/h10H,4-9H2,1-3H3,(H,16,17)/t10-,14+,15+/m0/s1. The molecule has 1 saturated carbocycles. The third-order valence-corrected chi connectivity index (χ3v) is 5.96. The second-order valence-corrected chi connectivity index (χ2v) is 7.02. The highest BCUT2D eigenvalue weighted by Crippen LogP contribution is 2.65. The van der Waals surface area contributed by atoms with Crippen molar-refractivity contribution in [3.63, 3.8) is 0 Å². The van der Waals surface area contributed by atoms with Gasteiger partial charge in [-0.3, -0.25) is 9.59 Å². The summed E-state index contributed by atoms with van der Waals surface area (Å²) in [5.41, 5.74) is -2.02. The number of nitrogens with one attached hydrogen (secondary N) is 1. The average Bonchev–Trinajstić information content (AvgIpc) is 3.01. The summed E-state index contributed by atoms with van der Waals surface area (Å²) >= 11 is 0. The monoisotopic (exact) mass is 281 g/mol. The highest BCUT2D eigenvalue weighted by atomic mass is 16.6. The van der Waals surface area contributed by atoms with Crippen LogP contribution in [0.3, 0.4) is 0 Å². The van der Waals surface area contributed by atoms with E-state index < -0.39 is 16.4 Å². The Kier molecular flexibility index (Phi) is 2.91. The lowest BCUT2D eigenvalue weighted by Crippen LogP contribution is -2.54. The molecule has 2 saturated heterocycles. The third-order valence-electron chi connectivity index (χ3n) is 5.96. The molecule has 3 atom stereocenters. The van der Waals surface area contributed by atoms with Crippen LogP contribution in [0.2, 0.25) is 0 Å². The molecule has 0 aromatic rings. The number of amides is 1. The maximum absolute atomic E-state index is 12.6. The first kappa shape index (κ1) is 13.9. The van der Waals surface area contributed by atoms with Crippen LogP contribution in [0.15, 0.2) is 0 Å². The van der Waals surface area contributed by atoms with Crippen LogP contribution in [0.4, 0.5) is 0 Å². The predicted octanol–water partition coefficient (Wildman–Crippen LogP) is 1.40. The molecule has 1 amide bonds. The molecule has 112 valence electrons. The highest BCUT2D eigenvalue weighted by molar-refractivity contribution is 5.96. The molecule has 1 N–H and O–H groups in total. The minimum absolute atomic E-state index is 0.100. The van der Waals surface area contributed by atoms with Crippen molar-refractivity contribution < 1.29 is 19.1 Å². The van der Waals surface area contributed by atoms with Crippen molar-refractivity contribution in [2.75, 3.05) is 13.2 Å². The van der Waals surface area contributed by atoms with Crippen LogP contribution in [-0.2, 0) is 19.1 Å². The fourth-order valence-corrected chi connectivity index (χ4v) is 3.90. The second-order valence-electron chi connectivity index (χ2n) is 7.02. The van der Waals surface area contributed by atoms with E-state index in [0.29, 0.717) is 19.4 Å². The molecule has 2 aliphatic heterocycles. The number of ether oxygens (including phenoxy) is 2. The minimum atomic E-state index is -1.00. The Morgan fingerprint density at radius 3 is 2.60 bits per heavy atom. The van der Waals surface area contributed by atoms with E-state index in [9.17, 15) is 9.59 Å². The largest absolute Gasteiger partial charge is 0.448 e. The van der Waals surface area contributed by atoms with Gasteiger partial charge in [0.25, 0.3) is 5.91 Å². The Hall–Kier alpha value is -1.10. The third kappa shape index (κ3) is 1.53. The van der Waals surface area contributed by atoms with E-state index in [-0.39, 0.29) is 18.0 Å². The zero-order valence-electron chi connectivity index (χ0n) is 12.5. The summed E-state index contributed by atoms with van der Waals surface area (Å²) in [5, 5.41) is 2.94. The number of carbonyl (C=O) groups is 2. The zero-order chi connectivity index (χ0) is 14.6. The molecule has 0 spiro atoms. The molecular formula is C15H23NO4. The number of rotatable bonds is 3. The van der Waals surface area contributed by atoms with Crippen molar-refractivity contribution in [2.24, 2.45) is 10.8 Å². The SMILES string of the molecule is CC1(C)[C@]2(C)CC[C@]1(C(=O)NC[C@@H]1CCCO1)OC2=O. The van der Waals surface area contributed by atoms with Crippen LogP contribution in [0.1, 0.15) is 46.5 Å². The highest BCUT2D eigenvalue weighted by Gasteiger charge is 2.75. The van der Waals surface area contributed by atoms with Crippen molar-refractivity contribution in [3.05, 3.63) is 0 Å². The van der Waals surface area contributed by atoms with Crippen LogP contribution in [0.25, 0.3) is 0 Å². The van der Waals surface area contributed by atoms with Gasteiger partial charge in [-0.15, -0.1) is 0 Å². The van der Waals surface area contributed by atoms with Gasteiger partial charge in [0.1, 0.15) is 0 Å². The average molecular weight is 281 g/mol. The Bertz CT molecular complexity index is 455. The number of hydrogen-bond acceptors (Lipinski definition) is 4. The lowest BCUT2D eigenvalue weighted by Gasteiger charge is -2.35. The van der Waals surface area contributed by atoms with Crippen LogP contribution in [-0.4, -0.2) is 36.7 Å². The maximum atomic E-state index is 12.6. The normalized spacial score (nSPS) is 41.8. The van der Waals surface area contributed by atoms with Gasteiger partial charge in [-0.1, -0.05) is 13.8 Å². The second kappa shape index (κ2) is 4.20. The van der Waals surface area contributed by atoms with Crippen LogP contribution in [0.5, 0.6) is 0 Å². The number of esters is 1. The zero-order valence-corrected chi connectivity index (χ0v) is 12.5. The first-order valence-electron chi connectivity index (χ1n) is 7.47. The Morgan fingerprint density at radius 2 is 2.10 bits per heavy atom. The lowest BCUT2D eigenvalue weighted by molar-refractivity contribution is -0.168. The van der Waals surface area contributed by atoms with Gasteiger partial charge in [0, 0.05) is 18.6 Å². The molecule has 5 nitrogen and oxygen atoms in total. The van der Waals surface area contributed by atoms with Crippen molar-refractivity contribution in [3.8, 4) is 0 Å². The predicted molar refractivity (Wildman–Crippen MR) is 71.9 cm³/mol. The number of carbonyl (C=O) groups excluding carboxylic acids is 2. The molecule has 1 aliphatic carbocycles. The number of fused-ring (bicyclic) bond motifs is 2. The fourth-order valence-electron chi connectivity index (χ4n) is 3.90. The van der Waals surface area contributed by atoms with Gasteiger partial charge in [0.2, 0.25) is 0 Å². The first-order chi connectivity index (χ1) is 9.33. The van der Waals surface area contributed by atoms with Crippen LogP contribution < -0.4 is 5.32 Å². The Morgan fingerprint density at radius 1 is 1.35 bits per heavy atom. The van der Waals surface area contributed by atoms with Gasteiger partial charge in [-0.2, -0.15) is 0 Å². The topological polar surface area (TPSA) is 64.6 Å². The van der Waals surface area contributed by atoms with Gasteiger partial charge in [0.05, 0.1) is 11.5 Å². The lowest BCUT2D eigenvalue weighted by atomic mass is 9.66. The minimum Gasteiger partial charge on any atom is -0.448 e. The number of hydrogen-bond donors (Lipinski definition) is 1. The molecule has 2 heterocycles. The maximum Gasteiger partial charge on any atom is 0.313 e. The van der Waals surface area contributed by atoms with E-state index in [1.807, 2.05) is 20.8 Å². The molecule has 2 bridgehead atoms. The van der Waals surface area contributed by atoms with Crippen molar-refractivity contribution in [2.45, 2.75) is 58.2 Å². The van der Waals surface area contributed by atoms with E-state index in [0.717, 1.165) is 19.4 Å². The van der Waals surface area contributed by atoms with Gasteiger partial charge in [-0.25, -0.2) is 0 Å². The fraction of sp³-hybridized carbons (Fsp3) is 0.867. The summed E-state index contributed by atoms with van der Waals surface area (Å²) in [6.45, 7) is 7.12. The van der Waals surface area contributed by atoms with E-state index >= 15 is 0 Å². The van der Waals surface area contributed by atoms with Crippen molar-refractivity contribution >= 4 is 11.9 Å². The molecule has 0 unspecified atom stereocenters. The molecule has 0 aromatic carbocycles. The summed E-state index contributed by atoms with van der Waals surface area (Å²) in [4.78, 5) is 24.8. The summed E-state index contributed by atoms with van der Waals surface area (Å²) < 4.78 is 11.1. The molecule has 3 rings (SSSR count). The van der Waals surface area contributed by atoms with Gasteiger partial charge in [0.15, 0.2) is 5.60 Å². The smallest absolute Gasteiger partial charge is 0.313 e. The molecule has 0 aromatic heterocycles. The summed E-state index contributed by atoms with van der Waals surface area (Å²) in [7, 11) is 0. The first-order valence-corrected chi connectivity index (χ1v) is 7.47. The summed E-state index contributed by atoms with van der Waals surface area (Å²) in [6.07, 6.45) is 3.45. The van der Waals surface area contributed by atoms with E-state index in [4.69, 9.17) is 9.47 Å². The Balaban J connectivity index is 1.75. The van der Waals surface area contributed by atoms with E-state index in [1.165, 1.54) is 0 Å². The van der Waals surface area contributed by atoms with Crippen LogP contribution in [0, 0.1) is 10.8 Å². The molecular weight excluding hydrogens is 258 g/mol. The van der Waals surface area contributed by atoms with E-state index in [1.54, 1.807) is 0 Å². The van der Waals surface area contributed by atoms with Gasteiger partial charge in [-0.05, 0) is 32.6 Å².